The van der Waals surface area contributed by atoms with Crippen LogP contribution in [0.15, 0.2) is 0 Å². The molecule has 1 aliphatic rings. The van der Waals surface area contributed by atoms with Gasteiger partial charge in [0.2, 0.25) is 6.10 Å². The molecule has 0 radical (unpaired) electrons. The summed E-state index contributed by atoms with van der Waals surface area (Å²) in [6, 6.07) is 0. The van der Waals surface area contributed by atoms with Crippen molar-refractivity contribution in [2.24, 2.45) is 0 Å². The molecule has 1 aliphatic heterocycles. The zero-order valence-corrected chi connectivity index (χ0v) is 7.63. The van der Waals surface area contributed by atoms with Gasteiger partial charge in [0.15, 0.2) is 5.60 Å². The Balaban J connectivity index is 3.01. The summed E-state index contributed by atoms with van der Waals surface area (Å²) in [7, 11) is 0. The van der Waals surface area contributed by atoms with Crippen LogP contribution in [-0.4, -0.2) is 33.3 Å². The molecular weight excluding hydrogens is 223 g/mol. The number of cyclic esters (lactones) is 1. The minimum atomic E-state index is -2.32. The van der Waals surface area contributed by atoms with Gasteiger partial charge in [-0.3, -0.25) is 14.4 Å². The van der Waals surface area contributed by atoms with Crippen molar-refractivity contribution in [3.63, 3.8) is 0 Å². The Bertz CT molecular complexity index is 289. The molecule has 1 fully saturated rings. The second-order valence-corrected chi connectivity index (χ2v) is 3.26. The predicted octanol–water partition coefficient (Wildman–Crippen LogP) is -0.436. The third-order valence-corrected chi connectivity index (χ3v) is 2.17. The van der Waals surface area contributed by atoms with Gasteiger partial charge in [-0.1, -0.05) is 0 Å². The van der Waals surface area contributed by atoms with Gasteiger partial charge in [0.05, 0.1) is 6.42 Å². The first-order valence-electron chi connectivity index (χ1n) is 3.19. The van der Waals surface area contributed by atoms with Crippen molar-refractivity contribution in [3.8, 4) is 0 Å². The van der Waals surface area contributed by atoms with Gasteiger partial charge in [-0.15, -0.1) is 0 Å². The van der Waals surface area contributed by atoms with Crippen LogP contribution < -0.4 is 0 Å². The Labute approximate surface area is 82.6 Å². The average molecular weight is 227 g/mol. The zero-order valence-electron chi connectivity index (χ0n) is 6.12. The highest BCUT2D eigenvalue weighted by atomic mass is 35.5. The molecule has 72 valence electrons. The van der Waals surface area contributed by atoms with Gasteiger partial charge in [-0.2, -0.15) is 0 Å². The largest absolute Gasteiger partial charge is 0.449 e. The first-order valence-corrected chi connectivity index (χ1v) is 3.94. The highest BCUT2D eigenvalue weighted by Crippen LogP contribution is 2.30. The summed E-state index contributed by atoms with van der Waals surface area (Å²) in [6.45, 7) is 0. The standard InChI is InChI=1S/C6H4Cl2O5/c7-4(10)3-6(12,5(8)11)1-2(9)13-3/h3,12H,1H2/t3-,6+/m1/s1. The topological polar surface area (TPSA) is 80.7 Å². The Morgan fingerprint density at radius 2 is 2.08 bits per heavy atom. The van der Waals surface area contributed by atoms with Crippen LogP contribution in [0.1, 0.15) is 6.42 Å². The van der Waals surface area contributed by atoms with Gasteiger partial charge < -0.3 is 9.84 Å². The van der Waals surface area contributed by atoms with Gasteiger partial charge >= 0.3 is 5.97 Å². The number of hydrogen-bond acceptors (Lipinski definition) is 5. The molecule has 5 nitrogen and oxygen atoms in total. The van der Waals surface area contributed by atoms with Crippen LogP contribution in [0, 0.1) is 0 Å². The lowest BCUT2D eigenvalue weighted by Crippen LogP contribution is -2.46. The second kappa shape index (κ2) is 3.25. The molecule has 0 spiro atoms. The summed E-state index contributed by atoms with van der Waals surface area (Å²) in [5.41, 5.74) is -2.32. The smallest absolute Gasteiger partial charge is 0.310 e. The highest BCUT2D eigenvalue weighted by molar-refractivity contribution is 6.68. The molecule has 1 rings (SSSR count). The molecule has 0 amide bonds. The van der Waals surface area contributed by atoms with E-state index in [9.17, 15) is 19.5 Å². The van der Waals surface area contributed by atoms with Gasteiger partial charge in [0.25, 0.3) is 10.5 Å². The summed E-state index contributed by atoms with van der Waals surface area (Å²) >= 11 is 9.99. The summed E-state index contributed by atoms with van der Waals surface area (Å²) in [5.74, 6) is -0.893. The predicted molar refractivity (Wildman–Crippen MR) is 41.2 cm³/mol. The minimum absolute atomic E-state index is 0.654. The molecule has 1 saturated heterocycles. The fraction of sp³-hybridized carbons (Fsp3) is 0.500. The maximum Gasteiger partial charge on any atom is 0.310 e. The van der Waals surface area contributed by atoms with Crippen molar-refractivity contribution < 1.29 is 24.2 Å². The van der Waals surface area contributed by atoms with E-state index in [0.29, 0.717) is 0 Å². The van der Waals surface area contributed by atoms with E-state index >= 15 is 0 Å². The number of ether oxygens (including phenoxy) is 1. The molecular formula is C6H4Cl2O5. The molecule has 0 aromatic carbocycles. The number of halogens is 2. The van der Waals surface area contributed by atoms with E-state index in [4.69, 9.17) is 23.2 Å². The average Bonchev–Trinajstić information content (AvgIpc) is 2.27. The number of carbonyl (C=O) groups is 3. The third-order valence-electron chi connectivity index (χ3n) is 1.64. The van der Waals surface area contributed by atoms with E-state index in [1.165, 1.54) is 0 Å². The third kappa shape index (κ3) is 1.67. The lowest BCUT2D eigenvalue weighted by molar-refractivity contribution is -0.149. The summed E-state index contributed by atoms with van der Waals surface area (Å²) in [4.78, 5) is 32.0. The zero-order chi connectivity index (χ0) is 10.2. The Kier molecular flexibility index (Phi) is 2.61. The van der Waals surface area contributed by atoms with E-state index in [1.54, 1.807) is 0 Å². The van der Waals surface area contributed by atoms with Crippen molar-refractivity contribution in [3.05, 3.63) is 0 Å². The maximum atomic E-state index is 10.7. The number of hydrogen-bond donors (Lipinski definition) is 1. The van der Waals surface area contributed by atoms with Crippen LogP contribution >= 0.6 is 23.2 Å². The molecule has 0 unspecified atom stereocenters. The maximum absolute atomic E-state index is 10.7. The van der Waals surface area contributed by atoms with Crippen molar-refractivity contribution in [1.82, 2.24) is 0 Å². The summed E-state index contributed by atoms with van der Waals surface area (Å²) in [6.07, 6.45) is -2.36. The number of rotatable bonds is 2. The SMILES string of the molecule is O=C1C[C@@](O)(C(=O)Cl)[C@@H](C(=O)Cl)O1. The Morgan fingerprint density at radius 1 is 1.54 bits per heavy atom. The van der Waals surface area contributed by atoms with E-state index in [-0.39, 0.29) is 0 Å². The molecule has 1 N–H and O–H groups in total. The molecule has 0 aliphatic carbocycles. The normalized spacial score (nSPS) is 32.8. The summed E-state index contributed by atoms with van der Waals surface area (Å²) < 4.78 is 4.32. The van der Waals surface area contributed by atoms with Crippen LogP contribution in [0.3, 0.4) is 0 Å². The van der Waals surface area contributed by atoms with E-state index in [0.717, 1.165) is 0 Å². The molecule has 0 bridgehead atoms. The lowest BCUT2D eigenvalue weighted by atomic mass is 9.98. The van der Waals surface area contributed by atoms with E-state index in [2.05, 4.69) is 4.74 Å². The van der Waals surface area contributed by atoms with Crippen LogP contribution in [-0.2, 0) is 19.1 Å². The van der Waals surface area contributed by atoms with Crippen molar-refractivity contribution in [2.75, 3.05) is 0 Å². The number of aliphatic hydroxyl groups is 1. The first kappa shape index (κ1) is 10.4. The van der Waals surface area contributed by atoms with Gasteiger partial charge in [-0.25, -0.2) is 0 Å². The van der Waals surface area contributed by atoms with Crippen LogP contribution in [0.25, 0.3) is 0 Å². The quantitative estimate of drug-likeness (QED) is 0.511. The number of carbonyl (C=O) groups excluding carboxylic acids is 3. The van der Waals surface area contributed by atoms with E-state index in [1.807, 2.05) is 0 Å². The molecule has 0 aromatic rings. The highest BCUT2D eigenvalue weighted by Gasteiger charge is 2.56. The van der Waals surface area contributed by atoms with Crippen molar-refractivity contribution in [1.29, 1.82) is 0 Å². The summed E-state index contributed by atoms with van der Waals surface area (Å²) in [5, 5.41) is 7.06. The molecule has 0 saturated carbocycles. The molecule has 7 heteroatoms. The fourth-order valence-corrected chi connectivity index (χ4v) is 1.38. The molecule has 2 atom stereocenters. The molecule has 13 heavy (non-hydrogen) atoms. The fourth-order valence-electron chi connectivity index (χ4n) is 0.990. The van der Waals surface area contributed by atoms with Gasteiger partial charge in [-0.05, 0) is 23.2 Å². The minimum Gasteiger partial charge on any atom is -0.449 e. The van der Waals surface area contributed by atoms with Crippen LogP contribution in [0.4, 0.5) is 0 Å². The van der Waals surface area contributed by atoms with Crippen LogP contribution in [0.2, 0.25) is 0 Å². The van der Waals surface area contributed by atoms with Gasteiger partial charge in [0, 0.05) is 0 Å². The monoisotopic (exact) mass is 226 g/mol. The van der Waals surface area contributed by atoms with Crippen molar-refractivity contribution >= 4 is 39.7 Å². The first-order chi connectivity index (χ1) is 5.88. The van der Waals surface area contributed by atoms with Crippen molar-refractivity contribution in [2.45, 2.75) is 18.1 Å². The Morgan fingerprint density at radius 3 is 2.38 bits per heavy atom. The van der Waals surface area contributed by atoms with E-state index < -0.39 is 34.6 Å². The molecule has 0 aromatic heterocycles. The Hall–Kier alpha value is -0.650. The second-order valence-electron chi connectivity index (χ2n) is 2.55. The van der Waals surface area contributed by atoms with Crippen LogP contribution in [0.5, 0.6) is 0 Å². The molecule has 1 heterocycles. The van der Waals surface area contributed by atoms with Gasteiger partial charge in [0.1, 0.15) is 0 Å². The lowest BCUT2D eigenvalue weighted by Gasteiger charge is -2.18. The number of esters is 1.